The molecule has 1 aromatic carbocycles. The number of fused-ring (bicyclic) bond motifs is 1. The summed E-state index contributed by atoms with van der Waals surface area (Å²) >= 11 is 0. The summed E-state index contributed by atoms with van der Waals surface area (Å²) in [5.74, 6) is -0.310. The first-order chi connectivity index (χ1) is 11.4. The highest BCUT2D eigenvalue weighted by atomic mass is 16.5. The highest BCUT2D eigenvalue weighted by molar-refractivity contribution is 5.86. The zero-order chi connectivity index (χ0) is 17.7. The summed E-state index contributed by atoms with van der Waals surface area (Å²) in [6.07, 6.45) is 2.54. The second-order valence-corrected chi connectivity index (χ2v) is 6.25. The van der Waals surface area contributed by atoms with E-state index in [0.29, 0.717) is 13.0 Å². The summed E-state index contributed by atoms with van der Waals surface area (Å²) in [4.78, 5) is 23.3. The Bertz CT molecular complexity index is 721. The number of benzene rings is 1. The van der Waals surface area contributed by atoms with Crippen LogP contribution in [-0.2, 0) is 16.1 Å². The molecule has 1 heterocycles. The fourth-order valence-electron chi connectivity index (χ4n) is 2.76. The van der Waals surface area contributed by atoms with E-state index in [1.54, 1.807) is 7.11 Å². The topological polar surface area (TPSA) is 80.6 Å². The van der Waals surface area contributed by atoms with Gasteiger partial charge in [0.1, 0.15) is 11.8 Å². The molecule has 2 N–H and O–H groups in total. The molecule has 6 heteroatoms. The molecule has 0 aliphatic heterocycles. The van der Waals surface area contributed by atoms with Gasteiger partial charge < -0.3 is 19.7 Å². The minimum absolute atomic E-state index is 0.198. The molecule has 0 aliphatic carbocycles. The average molecular weight is 332 g/mol. The van der Waals surface area contributed by atoms with E-state index in [9.17, 15) is 14.7 Å². The highest BCUT2D eigenvalue weighted by Gasteiger charge is 2.21. The Morgan fingerprint density at radius 3 is 2.67 bits per heavy atom. The molecule has 24 heavy (non-hydrogen) atoms. The van der Waals surface area contributed by atoms with Crippen molar-refractivity contribution < 1.29 is 19.4 Å². The number of carboxylic acids is 1. The number of para-hydroxylation sites is 1. The number of methoxy groups -OCH3 is 1. The van der Waals surface area contributed by atoms with Gasteiger partial charge in [-0.05, 0) is 24.5 Å². The van der Waals surface area contributed by atoms with Crippen LogP contribution in [0.5, 0.6) is 5.75 Å². The quantitative estimate of drug-likeness (QED) is 0.779. The van der Waals surface area contributed by atoms with Crippen molar-refractivity contribution >= 4 is 22.8 Å². The predicted octanol–water partition coefficient (Wildman–Crippen LogP) is 2.66. The van der Waals surface area contributed by atoms with E-state index in [4.69, 9.17) is 4.74 Å². The van der Waals surface area contributed by atoms with Crippen LogP contribution in [0.4, 0.5) is 0 Å². The molecule has 0 bridgehead atoms. The molecule has 130 valence electrons. The van der Waals surface area contributed by atoms with Gasteiger partial charge in [0.25, 0.3) is 0 Å². The predicted molar refractivity (Wildman–Crippen MR) is 92.1 cm³/mol. The third kappa shape index (κ3) is 4.28. The van der Waals surface area contributed by atoms with Crippen LogP contribution >= 0.6 is 0 Å². The molecule has 1 atom stereocenters. The Hall–Kier alpha value is -2.50. The van der Waals surface area contributed by atoms with Crippen molar-refractivity contribution in [3.63, 3.8) is 0 Å². The maximum Gasteiger partial charge on any atom is 0.326 e. The average Bonchev–Trinajstić information content (AvgIpc) is 2.95. The molecule has 1 aromatic heterocycles. The molecule has 0 spiro atoms. The lowest BCUT2D eigenvalue weighted by Crippen LogP contribution is -2.41. The summed E-state index contributed by atoms with van der Waals surface area (Å²) in [5, 5.41) is 12.8. The van der Waals surface area contributed by atoms with E-state index < -0.39 is 12.0 Å². The van der Waals surface area contributed by atoms with Crippen molar-refractivity contribution in [1.29, 1.82) is 0 Å². The molecule has 0 saturated heterocycles. The standard InChI is InChI=1S/C18H24N2O4/c1-12(2)11-14(18(22)23)19-16(21)8-10-20-9-7-13-5-4-6-15(24-3)17(13)20/h4-7,9,12,14H,8,10-11H2,1-3H3,(H,19,21)(H,22,23)/t14-/m1/s1. The van der Waals surface area contributed by atoms with E-state index in [-0.39, 0.29) is 18.2 Å². The van der Waals surface area contributed by atoms with Crippen LogP contribution in [0.3, 0.4) is 0 Å². The second-order valence-electron chi connectivity index (χ2n) is 6.25. The largest absolute Gasteiger partial charge is 0.495 e. The van der Waals surface area contributed by atoms with Gasteiger partial charge in [0.15, 0.2) is 0 Å². The smallest absolute Gasteiger partial charge is 0.326 e. The number of rotatable bonds is 8. The van der Waals surface area contributed by atoms with Gasteiger partial charge in [0.05, 0.1) is 12.6 Å². The Kier molecular flexibility index (Phi) is 5.84. The molecule has 0 saturated carbocycles. The van der Waals surface area contributed by atoms with Crippen molar-refractivity contribution in [2.75, 3.05) is 7.11 Å². The molecule has 1 amide bonds. The Labute approximate surface area is 141 Å². The first kappa shape index (κ1) is 17.8. The molecule has 0 aliphatic rings. The van der Waals surface area contributed by atoms with Gasteiger partial charge >= 0.3 is 5.97 Å². The minimum atomic E-state index is -0.995. The van der Waals surface area contributed by atoms with Gasteiger partial charge in [-0.25, -0.2) is 4.79 Å². The van der Waals surface area contributed by atoms with Gasteiger partial charge in [-0.1, -0.05) is 26.0 Å². The SMILES string of the molecule is COc1cccc2ccn(CCC(=O)N[C@H](CC(C)C)C(=O)O)c12. The highest BCUT2D eigenvalue weighted by Crippen LogP contribution is 2.26. The number of carbonyl (C=O) groups excluding carboxylic acids is 1. The lowest BCUT2D eigenvalue weighted by molar-refractivity contribution is -0.142. The normalized spacial score (nSPS) is 12.3. The zero-order valence-electron chi connectivity index (χ0n) is 14.3. The summed E-state index contributed by atoms with van der Waals surface area (Å²) in [7, 11) is 1.61. The van der Waals surface area contributed by atoms with Gasteiger partial charge in [-0.3, -0.25) is 4.79 Å². The monoisotopic (exact) mass is 332 g/mol. The fraction of sp³-hybridized carbons (Fsp3) is 0.444. The zero-order valence-corrected chi connectivity index (χ0v) is 14.3. The van der Waals surface area contributed by atoms with Crippen LogP contribution in [-0.4, -0.2) is 34.7 Å². The van der Waals surface area contributed by atoms with Gasteiger partial charge in [-0.15, -0.1) is 0 Å². The first-order valence-corrected chi connectivity index (χ1v) is 8.06. The van der Waals surface area contributed by atoms with Gasteiger partial charge in [0, 0.05) is 24.5 Å². The van der Waals surface area contributed by atoms with Crippen molar-refractivity contribution in [1.82, 2.24) is 9.88 Å². The molecule has 0 unspecified atom stereocenters. The number of ether oxygens (including phenoxy) is 1. The summed E-state index contributed by atoms with van der Waals surface area (Å²) < 4.78 is 7.32. The maximum absolute atomic E-state index is 12.1. The molecule has 2 rings (SSSR count). The lowest BCUT2D eigenvalue weighted by Gasteiger charge is -2.16. The van der Waals surface area contributed by atoms with Crippen molar-refractivity contribution in [3.8, 4) is 5.75 Å². The number of aliphatic carboxylic acids is 1. The van der Waals surface area contributed by atoms with Crippen LogP contribution in [0.15, 0.2) is 30.5 Å². The van der Waals surface area contributed by atoms with Crippen LogP contribution in [0.25, 0.3) is 10.9 Å². The lowest BCUT2D eigenvalue weighted by atomic mass is 10.0. The molecule has 0 radical (unpaired) electrons. The van der Waals surface area contributed by atoms with E-state index in [1.165, 1.54) is 0 Å². The Morgan fingerprint density at radius 2 is 2.04 bits per heavy atom. The molecular formula is C18H24N2O4. The van der Waals surface area contributed by atoms with Gasteiger partial charge in [-0.2, -0.15) is 0 Å². The van der Waals surface area contributed by atoms with Crippen LogP contribution in [0, 0.1) is 5.92 Å². The summed E-state index contributed by atoms with van der Waals surface area (Å²) in [5.41, 5.74) is 0.935. The molecular weight excluding hydrogens is 308 g/mol. The number of nitrogens with one attached hydrogen (secondary N) is 1. The van der Waals surface area contributed by atoms with Gasteiger partial charge in [0.2, 0.25) is 5.91 Å². The number of amides is 1. The Balaban J connectivity index is 2.03. The summed E-state index contributed by atoms with van der Waals surface area (Å²) in [6.45, 7) is 4.32. The number of aryl methyl sites for hydroxylation is 1. The van der Waals surface area contributed by atoms with E-state index in [1.807, 2.05) is 48.9 Å². The molecule has 2 aromatic rings. The molecule has 0 fully saturated rings. The van der Waals surface area contributed by atoms with Crippen molar-refractivity contribution in [2.24, 2.45) is 5.92 Å². The van der Waals surface area contributed by atoms with Crippen LogP contribution in [0.2, 0.25) is 0 Å². The number of aromatic nitrogens is 1. The number of carbonyl (C=O) groups is 2. The van der Waals surface area contributed by atoms with Crippen LogP contribution < -0.4 is 10.1 Å². The first-order valence-electron chi connectivity index (χ1n) is 8.06. The van der Waals surface area contributed by atoms with E-state index in [0.717, 1.165) is 16.7 Å². The van der Waals surface area contributed by atoms with Crippen molar-refractivity contribution in [3.05, 3.63) is 30.5 Å². The number of hydrogen-bond donors (Lipinski definition) is 2. The molecule has 6 nitrogen and oxygen atoms in total. The Morgan fingerprint density at radius 1 is 1.29 bits per heavy atom. The number of carboxylic acid groups (broad SMARTS) is 1. The minimum Gasteiger partial charge on any atom is -0.495 e. The summed E-state index contributed by atoms with van der Waals surface area (Å²) in [6, 6.07) is 6.91. The fourth-order valence-corrected chi connectivity index (χ4v) is 2.76. The second kappa shape index (κ2) is 7.86. The maximum atomic E-state index is 12.1. The van der Waals surface area contributed by atoms with Crippen molar-refractivity contribution in [2.45, 2.75) is 39.3 Å². The number of nitrogens with zero attached hydrogens (tertiary/aromatic N) is 1. The third-order valence-electron chi connectivity index (χ3n) is 3.89. The van der Waals surface area contributed by atoms with E-state index in [2.05, 4.69) is 5.32 Å². The van der Waals surface area contributed by atoms with Crippen LogP contribution in [0.1, 0.15) is 26.7 Å². The number of hydrogen-bond acceptors (Lipinski definition) is 3. The third-order valence-corrected chi connectivity index (χ3v) is 3.89. The van der Waals surface area contributed by atoms with E-state index >= 15 is 0 Å².